The third-order valence-corrected chi connectivity index (χ3v) is 4.51. The molecule has 0 bridgehead atoms. The van der Waals surface area contributed by atoms with Crippen LogP contribution < -0.4 is 5.32 Å². The van der Waals surface area contributed by atoms with Gasteiger partial charge in [-0.15, -0.1) is 0 Å². The number of hydrogen-bond acceptors (Lipinski definition) is 3. The van der Waals surface area contributed by atoms with E-state index < -0.39 is 5.97 Å². The second-order valence-corrected chi connectivity index (χ2v) is 6.29. The van der Waals surface area contributed by atoms with Crippen LogP contribution in [-0.4, -0.2) is 26.8 Å². The zero-order chi connectivity index (χ0) is 16.9. The summed E-state index contributed by atoms with van der Waals surface area (Å²) in [5.41, 5.74) is 2.15. The summed E-state index contributed by atoms with van der Waals surface area (Å²) in [5.74, 6) is -1.40. The first-order chi connectivity index (χ1) is 11.6. The Bertz CT molecular complexity index is 712. The molecular weight excluding hydrogens is 306 g/mol. The fourth-order valence-corrected chi connectivity index (χ4v) is 3.20. The molecule has 1 aromatic heterocycles. The zero-order valence-electron chi connectivity index (χ0n) is 13.4. The lowest BCUT2D eigenvalue weighted by Crippen LogP contribution is -2.29. The van der Waals surface area contributed by atoms with Crippen molar-refractivity contribution in [2.24, 2.45) is 11.8 Å². The number of carbonyl (C=O) groups is 2. The Labute approximate surface area is 140 Å². The van der Waals surface area contributed by atoms with E-state index in [2.05, 4.69) is 16.5 Å². The summed E-state index contributed by atoms with van der Waals surface area (Å²) in [7, 11) is 0. The van der Waals surface area contributed by atoms with Gasteiger partial charge in [-0.25, -0.2) is 0 Å². The lowest BCUT2D eigenvalue weighted by molar-refractivity contribution is -0.141. The number of carboxylic acids is 1. The summed E-state index contributed by atoms with van der Waals surface area (Å²) in [6.45, 7) is 1.15. The number of aromatic nitrogens is 2. The molecule has 1 saturated carbocycles. The third-order valence-electron chi connectivity index (χ3n) is 4.51. The molecule has 1 amide bonds. The monoisotopic (exact) mass is 327 g/mol. The van der Waals surface area contributed by atoms with Gasteiger partial charge in [-0.1, -0.05) is 24.3 Å². The first-order valence-electron chi connectivity index (χ1n) is 8.17. The lowest BCUT2D eigenvalue weighted by atomic mass is 10.0. The number of nitrogens with zero attached hydrogens (tertiary/aromatic N) is 2. The van der Waals surface area contributed by atoms with Crippen molar-refractivity contribution in [3.63, 3.8) is 0 Å². The number of rotatable bonds is 6. The lowest BCUT2D eigenvalue weighted by Gasteiger charge is -2.11. The standard InChI is InChI=1S/C18H21N3O3/c22-17(15-5-6-16(10-15)18(23)24)19-11-13-3-1-4-14(9-13)12-21-8-2-7-20-21/h1-4,7-9,15-16H,5-6,10-12H2,(H,19,22)(H,23,24)/t15-,16+/m0/s1. The zero-order valence-corrected chi connectivity index (χ0v) is 13.4. The topological polar surface area (TPSA) is 84.2 Å². The highest BCUT2D eigenvalue weighted by molar-refractivity contribution is 5.80. The highest BCUT2D eigenvalue weighted by Crippen LogP contribution is 2.31. The van der Waals surface area contributed by atoms with Crippen molar-refractivity contribution in [3.05, 3.63) is 53.9 Å². The van der Waals surface area contributed by atoms with Gasteiger partial charge in [0, 0.05) is 24.9 Å². The minimum absolute atomic E-state index is 0.0452. The molecule has 6 nitrogen and oxygen atoms in total. The Kier molecular flexibility index (Phi) is 4.93. The molecule has 0 spiro atoms. The summed E-state index contributed by atoms with van der Waals surface area (Å²) >= 11 is 0. The van der Waals surface area contributed by atoms with Gasteiger partial charge in [0.1, 0.15) is 0 Å². The van der Waals surface area contributed by atoms with Crippen molar-refractivity contribution < 1.29 is 14.7 Å². The molecule has 1 aromatic carbocycles. The Balaban J connectivity index is 1.53. The fraction of sp³-hybridized carbons (Fsp3) is 0.389. The molecule has 1 heterocycles. The molecule has 0 aliphatic heterocycles. The van der Waals surface area contributed by atoms with E-state index in [1.54, 1.807) is 6.20 Å². The van der Waals surface area contributed by atoms with E-state index in [0.29, 0.717) is 32.4 Å². The van der Waals surface area contributed by atoms with Crippen molar-refractivity contribution in [1.29, 1.82) is 0 Å². The van der Waals surface area contributed by atoms with Crippen LogP contribution in [0.3, 0.4) is 0 Å². The number of hydrogen-bond donors (Lipinski definition) is 2. The van der Waals surface area contributed by atoms with Crippen LogP contribution in [0.4, 0.5) is 0 Å². The molecule has 0 saturated heterocycles. The highest BCUT2D eigenvalue weighted by atomic mass is 16.4. The molecule has 0 unspecified atom stereocenters. The van der Waals surface area contributed by atoms with Crippen LogP contribution in [0.15, 0.2) is 42.7 Å². The number of amides is 1. The predicted octanol–water partition coefficient (Wildman–Crippen LogP) is 2.05. The van der Waals surface area contributed by atoms with Gasteiger partial charge < -0.3 is 10.4 Å². The van der Waals surface area contributed by atoms with Crippen LogP contribution in [0, 0.1) is 11.8 Å². The minimum atomic E-state index is -0.795. The van der Waals surface area contributed by atoms with Gasteiger partial charge in [-0.05, 0) is 36.5 Å². The molecule has 1 aliphatic rings. The number of benzene rings is 1. The maximum Gasteiger partial charge on any atom is 0.306 e. The number of nitrogens with one attached hydrogen (secondary N) is 1. The molecule has 6 heteroatoms. The first kappa shape index (κ1) is 16.2. The van der Waals surface area contributed by atoms with Crippen LogP contribution in [0.25, 0.3) is 0 Å². The van der Waals surface area contributed by atoms with E-state index in [1.165, 1.54) is 0 Å². The van der Waals surface area contributed by atoms with E-state index in [9.17, 15) is 9.59 Å². The van der Waals surface area contributed by atoms with Crippen molar-refractivity contribution in [1.82, 2.24) is 15.1 Å². The normalized spacial score (nSPS) is 20.0. The van der Waals surface area contributed by atoms with E-state index >= 15 is 0 Å². The minimum Gasteiger partial charge on any atom is -0.481 e. The van der Waals surface area contributed by atoms with Gasteiger partial charge in [0.25, 0.3) is 0 Å². The molecule has 126 valence electrons. The van der Waals surface area contributed by atoms with Crippen molar-refractivity contribution in [3.8, 4) is 0 Å². The molecule has 2 atom stereocenters. The highest BCUT2D eigenvalue weighted by Gasteiger charge is 2.33. The van der Waals surface area contributed by atoms with Gasteiger partial charge in [-0.3, -0.25) is 14.3 Å². The second-order valence-electron chi connectivity index (χ2n) is 6.29. The van der Waals surface area contributed by atoms with Gasteiger partial charge in [-0.2, -0.15) is 5.10 Å². The Morgan fingerprint density at radius 2 is 2.00 bits per heavy atom. The average molecular weight is 327 g/mol. The van der Waals surface area contributed by atoms with Gasteiger partial charge in [0.15, 0.2) is 0 Å². The molecule has 3 rings (SSSR count). The summed E-state index contributed by atoms with van der Waals surface area (Å²) < 4.78 is 1.85. The van der Waals surface area contributed by atoms with Crippen molar-refractivity contribution in [2.45, 2.75) is 32.4 Å². The van der Waals surface area contributed by atoms with Gasteiger partial charge >= 0.3 is 5.97 Å². The van der Waals surface area contributed by atoms with Crippen LogP contribution in [0.2, 0.25) is 0 Å². The molecule has 2 aromatic rings. The Morgan fingerprint density at radius 1 is 1.21 bits per heavy atom. The van der Waals surface area contributed by atoms with Crippen LogP contribution in [0.5, 0.6) is 0 Å². The quantitative estimate of drug-likeness (QED) is 0.850. The molecule has 1 aliphatic carbocycles. The number of aliphatic carboxylic acids is 1. The van der Waals surface area contributed by atoms with E-state index in [-0.39, 0.29) is 17.7 Å². The summed E-state index contributed by atoms with van der Waals surface area (Å²) in [4.78, 5) is 23.2. The van der Waals surface area contributed by atoms with Crippen molar-refractivity contribution >= 4 is 11.9 Å². The third kappa shape index (κ3) is 4.01. The van der Waals surface area contributed by atoms with Crippen molar-refractivity contribution in [2.75, 3.05) is 0 Å². The Hall–Kier alpha value is -2.63. The van der Waals surface area contributed by atoms with Crippen LogP contribution in [-0.2, 0) is 22.7 Å². The first-order valence-corrected chi connectivity index (χ1v) is 8.17. The van der Waals surface area contributed by atoms with Gasteiger partial charge in [0.05, 0.1) is 12.5 Å². The second kappa shape index (κ2) is 7.29. The van der Waals surface area contributed by atoms with E-state index in [1.807, 2.05) is 35.1 Å². The van der Waals surface area contributed by atoms with E-state index in [0.717, 1.165) is 11.1 Å². The SMILES string of the molecule is O=C(O)[C@@H]1CC[C@H](C(=O)NCc2cccc(Cn3cccn3)c2)C1. The maximum absolute atomic E-state index is 12.2. The summed E-state index contributed by atoms with van der Waals surface area (Å²) in [5, 5.41) is 16.1. The molecule has 0 radical (unpaired) electrons. The average Bonchev–Trinajstić information content (AvgIpc) is 3.24. The molecular formula is C18H21N3O3. The largest absolute Gasteiger partial charge is 0.481 e. The molecule has 24 heavy (non-hydrogen) atoms. The summed E-state index contributed by atoms with van der Waals surface area (Å²) in [6.07, 6.45) is 5.35. The van der Waals surface area contributed by atoms with Gasteiger partial charge in [0.2, 0.25) is 5.91 Å². The van der Waals surface area contributed by atoms with E-state index in [4.69, 9.17) is 5.11 Å². The Morgan fingerprint density at radius 3 is 2.71 bits per heavy atom. The fourth-order valence-electron chi connectivity index (χ4n) is 3.20. The molecule has 2 N–H and O–H groups in total. The van der Waals surface area contributed by atoms with Crippen LogP contribution in [0.1, 0.15) is 30.4 Å². The summed E-state index contributed by atoms with van der Waals surface area (Å²) in [6, 6.07) is 9.91. The number of carbonyl (C=O) groups excluding carboxylic acids is 1. The van der Waals surface area contributed by atoms with Crippen LogP contribution >= 0.6 is 0 Å². The molecule has 1 fully saturated rings. The predicted molar refractivity (Wildman–Crippen MR) is 88.1 cm³/mol. The maximum atomic E-state index is 12.2. The smallest absolute Gasteiger partial charge is 0.306 e. The number of carboxylic acid groups (broad SMARTS) is 1.